The smallest absolute Gasteiger partial charge is 0.265 e. The molecule has 0 aromatic heterocycles. The molecule has 2 heterocycles. The van der Waals surface area contributed by atoms with Crippen LogP contribution in [0.3, 0.4) is 0 Å². The summed E-state index contributed by atoms with van der Waals surface area (Å²) >= 11 is 0. The van der Waals surface area contributed by atoms with Gasteiger partial charge >= 0.3 is 0 Å². The Hall–Kier alpha value is -3.61. The van der Waals surface area contributed by atoms with Crippen molar-refractivity contribution in [1.29, 1.82) is 0 Å². The van der Waals surface area contributed by atoms with Gasteiger partial charge in [0, 0.05) is 5.57 Å². The topological polar surface area (TPSA) is 60.0 Å². The van der Waals surface area contributed by atoms with Crippen molar-refractivity contribution in [2.24, 2.45) is 15.8 Å². The van der Waals surface area contributed by atoms with Gasteiger partial charge in [0.1, 0.15) is 17.6 Å². The monoisotopic (exact) mass is 371 g/mol. The van der Waals surface area contributed by atoms with Crippen LogP contribution >= 0.6 is 0 Å². The average molecular weight is 371 g/mol. The number of para-hydroxylation sites is 1. The van der Waals surface area contributed by atoms with E-state index in [1.54, 1.807) is 48.9 Å². The van der Waals surface area contributed by atoms with Crippen LogP contribution in [0.2, 0.25) is 0 Å². The lowest BCUT2D eigenvalue weighted by Gasteiger charge is -2.26. The van der Waals surface area contributed by atoms with E-state index in [1.807, 2.05) is 30.4 Å². The van der Waals surface area contributed by atoms with E-state index in [2.05, 4.69) is 4.99 Å². The summed E-state index contributed by atoms with van der Waals surface area (Å²) in [6, 6.07) is 13.6. The third-order valence-corrected chi connectivity index (χ3v) is 4.80. The van der Waals surface area contributed by atoms with Gasteiger partial charge in [-0.1, -0.05) is 30.4 Å². The summed E-state index contributed by atoms with van der Waals surface area (Å²) in [4.78, 5) is 9.02. The number of hydrogen-bond donors (Lipinski definition) is 1. The van der Waals surface area contributed by atoms with Gasteiger partial charge in [0.25, 0.3) is 5.84 Å². The highest BCUT2D eigenvalue weighted by atomic mass is 19.1. The van der Waals surface area contributed by atoms with Crippen LogP contribution in [-0.4, -0.2) is 16.6 Å². The zero-order chi connectivity index (χ0) is 19.1. The first kappa shape index (κ1) is 16.6. The van der Waals surface area contributed by atoms with Crippen molar-refractivity contribution >= 4 is 12.1 Å². The predicted octanol–water partition coefficient (Wildman–Crippen LogP) is 4.33. The normalized spacial score (nSPS) is 21.9. The predicted molar refractivity (Wildman–Crippen MR) is 106 cm³/mol. The lowest BCUT2D eigenvalue weighted by Crippen LogP contribution is -2.53. The molecule has 3 aliphatic rings. The third-order valence-electron chi connectivity index (χ3n) is 4.80. The summed E-state index contributed by atoms with van der Waals surface area (Å²) < 4.78 is 19.4. The average Bonchev–Trinajstić information content (AvgIpc) is 2.96. The zero-order valence-corrected chi connectivity index (χ0v) is 14.8. The summed E-state index contributed by atoms with van der Waals surface area (Å²) in [5, 5.41) is 0. The molecular formula is C22H16FN4O+. The Kier molecular flexibility index (Phi) is 3.68. The summed E-state index contributed by atoms with van der Waals surface area (Å²) in [6.45, 7) is 0. The Morgan fingerprint density at radius 1 is 1.04 bits per heavy atom. The number of ether oxygens (including phenoxy) is 1. The Bertz CT molecular complexity index is 1160. The van der Waals surface area contributed by atoms with Crippen LogP contribution in [0, 0.1) is 5.82 Å². The van der Waals surface area contributed by atoms with Crippen molar-refractivity contribution < 1.29 is 13.7 Å². The van der Waals surface area contributed by atoms with E-state index in [0.29, 0.717) is 11.6 Å². The Labute approximate surface area is 161 Å². The summed E-state index contributed by atoms with van der Waals surface area (Å²) in [5.41, 5.74) is 3.51. The number of hydrogen-bond acceptors (Lipinski definition) is 4. The van der Waals surface area contributed by atoms with Gasteiger partial charge in [-0.3, -0.25) is 4.99 Å². The first-order valence-electron chi connectivity index (χ1n) is 8.79. The molecule has 1 unspecified atom stereocenters. The van der Waals surface area contributed by atoms with E-state index in [1.165, 1.54) is 6.07 Å². The summed E-state index contributed by atoms with van der Waals surface area (Å²) in [7, 11) is 0. The van der Waals surface area contributed by atoms with Gasteiger partial charge < -0.3 is 4.74 Å². The highest BCUT2D eigenvalue weighted by Crippen LogP contribution is 2.36. The van der Waals surface area contributed by atoms with Crippen molar-refractivity contribution in [2.75, 3.05) is 0 Å². The van der Waals surface area contributed by atoms with Gasteiger partial charge in [0.2, 0.25) is 5.70 Å². The fourth-order valence-electron chi connectivity index (χ4n) is 3.27. The maximum atomic E-state index is 13.8. The molecule has 1 atom stereocenters. The molecule has 2 aromatic rings. The van der Waals surface area contributed by atoms with E-state index in [-0.39, 0.29) is 10.3 Å². The molecule has 28 heavy (non-hydrogen) atoms. The molecule has 0 bridgehead atoms. The molecule has 0 saturated carbocycles. The second kappa shape index (κ2) is 6.23. The first-order valence-corrected chi connectivity index (χ1v) is 8.79. The second-order valence-electron chi connectivity index (χ2n) is 6.56. The van der Waals surface area contributed by atoms with Crippen molar-refractivity contribution in [3.05, 3.63) is 108 Å². The fourth-order valence-corrected chi connectivity index (χ4v) is 3.27. The number of quaternary nitrogens is 1. The lowest BCUT2D eigenvalue weighted by atomic mass is 10.0. The highest BCUT2D eigenvalue weighted by molar-refractivity contribution is 6.01. The number of halogens is 1. The second-order valence-corrected chi connectivity index (χ2v) is 6.56. The molecule has 136 valence electrons. The van der Waals surface area contributed by atoms with Crippen molar-refractivity contribution in [3.63, 3.8) is 0 Å². The molecule has 5 nitrogen and oxygen atoms in total. The number of benzene rings is 2. The van der Waals surface area contributed by atoms with E-state index in [4.69, 9.17) is 15.6 Å². The van der Waals surface area contributed by atoms with Gasteiger partial charge in [-0.15, -0.1) is 4.59 Å². The fraction of sp³-hybridized carbons (Fsp3) is 0. The number of nitrogens with two attached hydrogens (primary N) is 1. The molecule has 6 heteroatoms. The zero-order valence-electron chi connectivity index (χ0n) is 14.8. The number of aliphatic imine (C=N–C) groups is 2. The number of fused-ring (bicyclic) bond motifs is 1. The van der Waals surface area contributed by atoms with E-state index < -0.39 is 5.82 Å². The molecule has 0 amide bonds. The number of amidine groups is 1. The number of rotatable bonds is 4. The van der Waals surface area contributed by atoms with Crippen LogP contribution in [-0.2, 0) is 0 Å². The van der Waals surface area contributed by atoms with E-state index in [0.717, 1.165) is 22.5 Å². The maximum Gasteiger partial charge on any atom is 0.265 e. The Balaban J connectivity index is 1.47. The molecule has 0 fully saturated rings. The molecule has 2 aliphatic heterocycles. The van der Waals surface area contributed by atoms with Crippen molar-refractivity contribution in [3.8, 4) is 11.5 Å². The van der Waals surface area contributed by atoms with Crippen molar-refractivity contribution in [1.82, 2.24) is 0 Å². The van der Waals surface area contributed by atoms with Crippen LogP contribution in [0.25, 0.3) is 0 Å². The number of nitrogens with zero attached hydrogens (tertiary/aromatic N) is 3. The summed E-state index contributed by atoms with van der Waals surface area (Å²) in [6.07, 6.45) is 11.2. The molecular weight excluding hydrogens is 355 g/mol. The minimum absolute atomic E-state index is 0.0441. The molecule has 5 rings (SSSR count). The van der Waals surface area contributed by atoms with Crippen LogP contribution in [0.1, 0.15) is 5.56 Å². The van der Waals surface area contributed by atoms with Gasteiger partial charge in [0.05, 0.1) is 18.0 Å². The molecule has 1 aliphatic carbocycles. The van der Waals surface area contributed by atoms with Gasteiger partial charge in [-0.05, 0) is 36.4 Å². The van der Waals surface area contributed by atoms with Crippen LogP contribution in [0.5, 0.6) is 11.5 Å². The van der Waals surface area contributed by atoms with Crippen LogP contribution in [0.15, 0.2) is 106 Å². The molecule has 2 N–H and O–H groups in total. The van der Waals surface area contributed by atoms with Gasteiger partial charge in [-0.25, -0.2) is 4.39 Å². The summed E-state index contributed by atoms with van der Waals surface area (Å²) in [5.74, 6) is 7.66. The highest BCUT2D eigenvalue weighted by Gasteiger charge is 2.44. The van der Waals surface area contributed by atoms with Gasteiger partial charge in [-0.2, -0.15) is 10.8 Å². The molecule has 0 spiro atoms. The standard InChI is InChI=1S/C22H16FN4O/c23-18-6-1-2-7-20(18)28-17-10-8-16(9-11-17)22-26-21(15-4-3-5-15)19-14-25-12-13-27(19,22)24/h1-14H,24H2/q+1. The lowest BCUT2D eigenvalue weighted by molar-refractivity contribution is -0.750. The van der Waals surface area contributed by atoms with Gasteiger partial charge in [0.15, 0.2) is 11.6 Å². The third kappa shape index (κ3) is 2.55. The maximum absolute atomic E-state index is 13.8. The molecule has 0 saturated heterocycles. The van der Waals surface area contributed by atoms with Crippen LogP contribution in [0.4, 0.5) is 4.39 Å². The van der Waals surface area contributed by atoms with E-state index in [9.17, 15) is 4.39 Å². The number of allylic oxidation sites excluding steroid dienone is 4. The minimum Gasteiger partial charge on any atom is -0.454 e. The SMILES string of the molecule is N[N+]12C=CN=CC1=C(C1=CC=C1)N=C2c1ccc(Oc2ccccc2F)cc1. The molecule has 2 aromatic carbocycles. The van der Waals surface area contributed by atoms with Crippen LogP contribution < -0.4 is 10.6 Å². The Morgan fingerprint density at radius 2 is 1.82 bits per heavy atom. The molecule has 0 radical (unpaired) electrons. The quantitative estimate of drug-likeness (QED) is 0.642. The minimum atomic E-state index is -0.406. The van der Waals surface area contributed by atoms with E-state index >= 15 is 0 Å². The van der Waals surface area contributed by atoms with Crippen molar-refractivity contribution in [2.45, 2.75) is 0 Å². The first-order chi connectivity index (χ1) is 13.6. The largest absolute Gasteiger partial charge is 0.454 e. The Morgan fingerprint density at radius 3 is 2.54 bits per heavy atom.